The molecule has 1 amide bonds. The van der Waals surface area contributed by atoms with Crippen LogP contribution >= 0.6 is 11.6 Å². The zero-order valence-electron chi connectivity index (χ0n) is 14.6. The topological polar surface area (TPSA) is 51.7 Å². The Kier molecular flexibility index (Phi) is 5.58. The van der Waals surface area contributed by atoms with Gasteiger partial charge < -0.3 is 14.4 Å². The first kappa shape index (κ1) is 18.0. The Hall–Kier alpha value is -2.79. The lowest BCUT2D eigenvalue weighted by Gasteiger charge is -2.19. The molecule has 3 aromatic rings. The fraction of sp³-hybridized carbons (Fsp3) is 0.200. The van der Waals surface area contributed by atoms with Crippen LogP contribution in [0, 0.1) is 0 Å². The summed E-state index contributed by atoms with van der Waals surface area (Å²) in [5, 5.41) is 1.39. The van der Waals surface area contributed by atoms with E-state index in [2.05, 4.69) is 4.98 Å². The molecule has 1 heterocycles. The van der Waals surface area contributed by atoms with Gasteiger partial charge in [-0.1, -0.05) is 29.8 Å². The van der Waals surface area contributed by atoms with Crippen LogP contribution in [0.4, 0.5) is 0 Å². The number of amides is 1. The molecule has 3 rings (SSSR count). The molecule has 0 spiro atoms. The minimum absolute atomic E-state index is 0.0844. The van der Waals surface area contributed by atoms with Gasteiger partial charge in [-0.2, -0.15) is 0 Å². The van der Waals surface area contributed by atoms with Gasteiger partial charge in [-0.15, -0.1) is 0 Å². The molecule has 0 saturated heterocycles. The zero-order valence-corrected chi connectivity index (χ0v) is 15.4. The Morgan fingerprint density at radius 2 is 1.92 bits per heavy atom. The molecule has 0 aliphatic rings. The number of pyridine rings is 1. The van der Waals surface area contributed by atoms with Gasteiger partial charge in [0, 0.05) is 30.7 Å². The highest BCUT2D eigenvalue weighted by atomic mass is 35.5. The number of ether oxygens (including phenoxy) is 2. The van der Waals surface area contributed by atoms with Gasteiger partial charge in [0.2, 0.25) is 0 Å². The van der Waals surface area contributed by atoms with Crippen molar-refractivity contribution < 1.29 is 14.3 Å². The lowest BCUT2D eigenvalue weighted by Crippen LogP contribution is -2.31. The monoisotopic (exact) mass is 370 g/mol. The number of nitrogens with zero attached hydrogens (tertiary/aromatic N) is 2. The molecule has 134 valence electrons. The number of para-hydroxylation sites is 1. The van der Waals surface area contributed by atoms with E-state index in [0.717, 1.165) is 16.7 Å². The fourth-order valence-electron chi connectivity index (χ4n) is 2.66. The Bertz CT molecular complexity index is 930. The third-order valence-corrected chi connectivity index (χ3v) is 4.39. The molecule has 2 aromatic carbocycles. The molecular weight excluding hydrogens is 352 g/mol. The molecule has 26 heavy (non-hydrogen) atoms. The molecule has 0 atom stereocenters. The molecule has 0 aliphatic carbocycles. The summed E-state index contributed by atoms with van der Waals surface area (Å²) in [7, 11) is 3.35. The second-order valence-corrected chi connectivity index (χ2v) is 6.20. The maximum atomic E-state index is 12.4. The molecule has 6 heteroatoms. The molecule has 0 radical (unpaired) electrons. The molecule has 1 aromatic heterocycles. The number of rotatable bonds is 6. The second kappa shape index (κ2) is 8.06. The van der Waals surface area contributed by atoms with Crippen LogP contribution in [0.15, 0.2) is 54.7 Å². The summed E-state index contributed by atoms with van der Waals surface area (Å²) in [6.45, 7) is 0.352. The predicted molar refractivity (Wildman–Crippen MR) is 102 cm³/mol. The van der Waals surface area contributed by atoms with Crippen LogP contribution in [0.5, 0.6) is 11.5 Å². The molecule has 0 N–H and O–H groups in total. The SMILES string of the molecule is COc1ccccc1CN(C)C(=O)COc1ccc(Cl)c2cccnc12. The van der Waals surface area contributed by atoms with Crippen molar-refractivity contribution in [3.8, 4) is 11.5 Å². The average Bonchev–Trinajstić information content (AvgIpc) is 2.68. The smallest absolute Gasteiger partial charge is 0.260 e. The van der Waals surface area contributed by atoms with E-state index in [9.17, 15) is 4.79 Å². The standard InChI is InChI=1S/C20H19ClN2O3/c1-23(12-14-6-3-4-8-17(14)25-2)19(24)13-26-18-10-9-16(21)15-7-5-11-22-20(15)18/h3-11H,12-13H2,1-2H3. The number of aromatic nitrogens is 1. The first-order chi connectivity index (χ1) is 12.6. The van der Waals surface area contributed by atoms with Gasteiger partial charge in [0.15, 0.2) is 6.61 Å². The molecule has 0 unspecified atom stereocenters. The number of likely N-dealkylation sites (N-methyl/N-ethyl adjacent to an activating group) is 1. The number of fused-ring (bicyclic) bond motifs is 1. The van der Waals surface area contributed by atoms with Gasteiger partial charge in [-0.05, 0) is 30.3 Å². The predicted octanol–water partition coefficient (Wildman–Crippen LogP) is 3.93. The number of halogens is 1. The fourth-order valence-corrected chi connectivity index (χ4v) is 2.87. The van der Waals surface area contributed by atoms with Crippen LogP contribution in [0.25, 0.3) is 10.9 Å². The Morgan fingerprint density at radius 1 is 1.12 bits per heavy atom. The van der Waals surface area contributed by atoms with Crippen molar-refractivity contribution in [3.05, 3.63) is 65.3 Å². The summed E-state index contributed by atoms with van der Waals surface area (Å²) >= 11 is 6.18. The van der Waals surface area contributed by atoms with E-state index in [1.165, 1.54) is 0 Å². The normalized spacial score (nSPS) is 10.6. The third kappa shape index (κ3) is 3.89. The first-order valence-electron chi connectivity index (χ1n) is 8.12. The summed E-state index contributed by atoms with van der Waals surface area (Å²) in [5.41, 5.74) is 1.57. The summed E-state index contributed by atoms with van der Waals surface area (Å²) < 4.78 is 11.0. The number of carbonyl (C=O) groups excluding carboxylic acids is 1. The van der Waals surface area contributed by atoms with E-state index in [1.807, 2.05) is 36.4 Å². The largest absolute Gasteiger partial charge is 0.496 e. The summed E-state index contributed by atoms with van der Waals surface area (Å²) in [4.78, 5) is 18.3. The van der Waals surface area contributed by atoms with Gasteiger partial charge >= 0.3 is 0 Å². The van der Waals surface area contributed by atoms with Crippen molar-refractivity contribution in [2.75, 3.05) is 20.8 Å². The maximum Gasteiger partial charge on any atom is 0.260 e. The number of hydrogen-bond donors (Lipinski definition) is 0. The van der Waals surface area contributed by atoms with Gasteiger partial charge in [-0.25, -0.2) is 0 Å². The van der Waals surface area contributed by atoms with Crippen molar-refractivity contribution in [3.63, 3.8) is 0 Å². The summed E-state index contributed by atoms with van der Waals surface area (Å²) in [6.07, 6.45) is 1.67. The number of hydrogen-bond acceptors (Lipinski definition) is 4. The number of methoxy groups -OCH3 is 1. The lowest BCUT2D eigenvalue weighted by atomic mass is 10.2. The maximum absolute atomic E-state index is 12.4. The molecule has 0 saturated carbocycles. The average molecular weight is 371 g/mol. The van der Waals surface area contributed by atoms with E-state index < -0.39 is 0 Å². The minimum atomic E-state index is -0.144. The van der Waals surface area contributed by atoms with Crippen LogP contribution in [0.3, 0.4) is 0 Å². The minimum Gasteiger partial charge on any atom is -0.496 e. The number of carbonyl (C=O) groups is 1. The Balaban J connectivity index is 1.68. The van der Waals surface area contributed by atoms with E-state index in [1.54, 1.807) is 37.4 Å². The van der Waals surface area contributed by atoms with Crippen molar-refractivity contribution in [2.45, 2.75) is 6.54 Å². The molecule has 0 bridgehead atoms. The first-order valence-corrected chi connectivity index (χ1v) is 8.50. The van der Waals surface area contributed by atoms with Crippen LogP contribution in [-0.4, -0.2) is 36.6 Å². The number of benzene rings is 2. The Labute approximate surface area is 157 Å². The highest BCUT2D eigenvalue weighted by Crippen LogP contribution is 2.29. The van der Waals surface area contributed by atoms with Crippen LogP contribution in [0.1, 0.15) is 5.56 Å². The van der Waals surface area contributed by atoms with Crippen LogP contribution < -0.4 is 9.47 Å². The molecule has 0 fully saturated rings. The van der Waals surface area contributed by atoms with Gasteiger partial charge in [-0.3, -0.25) is 9.78 Å². The highest BCUT2D eigenvalue weighted by molar-refractivity contribution is 6.35. The summed E-state index contributed by atoms with van der Waals surface area (Å²) in [6, 6.07) is 14.8. The van der Waals surface area contributed by atoms with Crippen LogP contribution in [-0.2, 0) is 11.3 Å². The lowest BCUT2D eigenvalue weighted by molar-refractivity contribution is -0.132. The summed E-state index contributed by atoms with van der Waals surface area (Å²) in [5.74, 6) is 1.14. The Morgan fingerprint density at radius 3 is 2.73 bits per heavy atom. The van der Waals surface area contributed by atoms with Crippen molar-refractivity contribution >= 4 is 28.4 Å². The van der Waals surface area contributed by atoms with E-state index >= 15 is 0 Å². The third-order valence-electron chi connectivity index (χ3n) is 4.06. The highest BCUT2D eigenvalue weighted by Gasteiger charge is 2.14. The molecule has 5 nitrogen and oxygen atoms in total. The van der Waals surface area contributed by atoms with Crippen molar-refractivity contribution in [2.24, 2.45) is 0 Å². The van der Waals surface area contributed by atoms with Crippen molar-refractivity contribution in [1.29, 1.82) is 0 Å². The van der Waals surface area contributed by atoms with E-state index in [0.29, 0.717) is 22.8 Å². The van der Waals surface area contributed by atoms with Gasteiger partial charge in [0.1, 0.15) is 17.0 Å². The second-order valence-electron chi connectivity index (χ2n) is 5.80. The molecule has 0 aliphatic heterocycles. The van der Waals surface area contributed by atoms with Crippen molar-refractivity contribution in [1.82, 2.24) is 9.88 Å². The molecular formula is C20H19ClN2O3. The zero-order chi connectivity index (χ0) is 18.5. The van der Waals surface area contributed by atoms with Gasteiger partial charge in [0.25, 0.3) is 5.91 Å². The van der Waals surface area contributed by atoms with Gasteiger partial charge in [0.05, 0.1) is 12.1 Å². The van der Waals surface area contributed by atoms with Crippen LogP contribution in [0.2, 0.25) is 5.02 Å². The van der Waals surface area contributed by atoms with E-state index in [-0.39, 0.29) is 12.5 Å². The quantitative estimate of drug-likeness (QED) is 0.659. The van der Waals surface area contributed by atoms with E-state index in [4.69, 9.17) is 21.1 Å².